The summed E-state index contributed by atoms with van der Waals surface area (Å²) in [6, 6.07) is 23.1. The number of ketones is 2. The molecule has 1 saturated carbocycles. The van der Waals surface area contributed by atoms with Crippen LogP contribution in [0.25, 0.3) is 6.08 Å². The number of methoxy groups -OCH3 is 2. The van der Waals surface area contributed by atoms with Crippen LogP contribution in [0, 0.1) is 11.8 Å². The van der Waals surface area contributed by atoms with E-state index >= 15 is 0 Å². The highest BCUT2D eigenvalue weighted by molar-refractivity contribution is 6.06. The fourth-order valence-corrected chi connectivity index (χ4v) is 6.11. The number of esters is 1. The first-order valence-electron chi connectivity index (χ1n) is 16.5. The van der Waals surface area contributed by atoms with Gasteiger partial charge in [0, 0.05) is 48.9 Å². The van der Waals surface area contributed by atoms with E-state index in [-0.39, 0.29) is 41.7 Å². The van der Waals surface area contributed by atoms with Crippen molar-refractivity contribution < 1.29 is 33.4 Å². The maximum Gasteiger partial charge on any atom is 0.314 e. The molecule has 1 heterocycles. The Hall–Kier alpha value is -5.44. The number of anilines is 1. The van der Waals surface area contributed by atoms with Gasteiger partial charge in [-0.05, 0) is 117 Å². The van der Waals surface area contributed by atoms with E-state index < -0.39 is 0 Å². The average molecular weight is 663 g/mol. The van der Waals surface area contributed by atoms with Gasteiger partial charge in [-0.3, -0.25) is 19.2 Å². The number of hydrogen-bond acceptors (Lipinski definition) is 7. The summed E-state index contributed by atoms with van der Waals surface area (Å²) in [5.41, 5.74) is 3.25. The zero-order chi connectivity index (χ0) is 34.9. The van der Waals surface area contributed by atoms with Crippen LogP contribution >= 0.6 is 0 Å². The fraction of sp³-hybridized carbons (Fsp3) is 0.300. The smallest absolute Gasteiger partial charge is 0.314 e. The summed E-state index contributed by atoms with van der Waals surface area (Å²) in [7, 11) is 4.86. The van der Waals surface area contributed by atoms with Crippen molar-refractivity contribution in [2.24, 2.45) is 11.8 Å². The number of allylic oxidation sites excluding steroid dienone is 1. The molecule has 3 aromatic carbocycles. The van der Waals surface area contributed by atoms with E-state index in [1.165, 1.54) is 6.08 Å². The second kappa shape index (κ2) is 16.1. The third kappa shape index (κ3) is 8.54. The normalized spacial score (nSPS) is 15.8. The van der Waals surface area contributed by atoms with Crippen LogP contribution in [0.15, 0.2) is 91.1 Å². The Morgan fingerprint density at radius 2 is 1.49 bits per heavy atom. The van der Waals surface area contributed by atoms with Crippen molar-refractivity contribution >= 4 is 35.2 Å². The van der Waals surface area contributed by atoms with Crippen LogP contribution in [0.2, 0.25) is 0 Å². The number of hydrogen-bond donors (Lipinski definition) is 0. The Morgan fingerprint density at radius 3 is 2.14 bits per heavy atom. The van der Waals surface area contributed by atoms with Gasteiger partial charge in [0.15, 0.2) is 0 Å². The predicted molar refractivity (Wildman–Crippen MR) is 188 cm³/mol. The summed E-state index contributed by atoms with van der Waals surface area (Å²) in [4.78, 5) is 53.9. The number of aromatic nitrogens is 1. The topological polar surface area (TPSA) is 104 Å². The second-order valence-electron chi connectivity index (χ2n) is 12.2. The Bertz CT molecular complexity index is 1810. The number of Topliss-reactive ketones (excluding diaryl/α,β-unsaturated/α-hetero) is 1. The summed E-state index contributed by atoms with van der Waals surface area (Å²) in [5, 5.41) is 0. The minimum atomic E-state index is -0.350. The van der Waals surface area contributed by atoms with E-state index in [1.54, 1.807) is 80.8 Å². The highest BCUT2D eigenvalue weighted by Crippen LogP contribution is 2.33. The number of ether oxygens (including phenoxy) is 3. The predicted octanol–water partition coefficient (Wildman–Crippen LogP) is 7.22. The third-order valence-corrected chi connectivity index (χ3v) is 9.12. The minimum Gasteiger partial charge on any atom is -0.497 e. The van der Waals surface area contributed by atoms with Crippen LogP contribution in [0.5, 0.6) is 17.2 Å². The number of amides is 1. The molecule has 0 radical (unpaired) electrons. The lowest BCUT2D eigenvalue weighted by Gasteiger charge is -2.26. The molecule has 1 aromatic heterocycles. The number of nitrogens with zero attached hydrogens (tertiary/aromatic N) is 2. The molecule has 254 valence electrons. The molecule has 0 atom stereocenters. The van der Waals surface area contributed by atoms with Crippen LogP contribution in [-0.2, 0) is 22.6 Å². The van der Waals surface area contributed by atoms with E-state index in [0.29, 0.717) is 66.3 Å². The van der Waals surface area contributed by atoms with Crippen molar-refractivity contribution in [3.05, 3.63) is 114 Å². The molecule has 1 amide bonds. The lowest BCUT2D eigenvalue weighted by Crippen LogP contribution is -2.29. The van der Waals surface area contributed by atoms with Gasteiger partial charge in [0.05, 0.1) is 25.8 Å². The largest absolute Gasteiger partial charge is 0.497 e. The summed E-state index contributed by atoms with van der Waals surface area (Å²) in [6.45, 7) is 2.65. The van der Waals surface area contributed by atoms with Gasteiger partial charge in [0.2, 0.25) is 5.78 Å². The first kappa shape index (κ1) is 34.9. The molecule has 9 heteroatoms. The Balaban J connectivity index is 1.14. The number of aryl methyl sites for hydroxylation is 1. The standard InChI is InChI=1S/C40H42N2O7/c1-5-42-24-6-7-35(42)36(43)22-16-31-26-34(48-4)21-23-38(31)49-40(46)30-14-12-28(13-15-30)37(44)25-27-8-10-29(11-9-27)39(45)41(2)32-17-19-33(47-3)20-18-32/h6-11,16-24,26,28,30H,5,12-15,25H2,1-4H3/b22-16+. The average Bonchev–Trinajstić information content (AvgIpc) is 3.63. The van der Waals surface area contributed by atoms with E-state index in [9.17, 15) is 19.2 Å². The summed E-state index contributed by atoms with van der Waals surface area (Å²) in [5.74, 6) is 0.636. The quantitative estimate of drug-likeness (QED) is 0.0644. The molecule has 1 fully saturated rings. The molecule has 0 spiro atoms. The maximum absolute atomic E-state index is 13.2. The van der Waals surface area contributed by atoms with Crippen LogP contribution in [-0.4, -0.2) is 49.3 Å². The van der Waals surface area contributed by atoms with E-state index in [4.69, 9.17) is 14.2 Å². The maximum atomic E-state index is 13.2. The van der Waals surface area contributed by atoms with Gasteiger partial charge in [-0.1, -0.05) is 12.1 Å². The molecule has 1 aliphatic rings. The van der Waals surface area contributed by atoms with Crippen molar-refractivity contribution in [2.45, 2.75) is 45.6 Å². The van der Waals surface area contributed by atoms with Gasteiger partial charge < -0.3 is 23.7 Å². The van der Waals surface area contributed by atoms with Gasteiger partial charge >= 0.3 is 5.97 Å². The zero-order valence-electron chi connectivity index (χ0n) is 28.4. The van der Waals surface area contributed by atoms with Crippen molar-refractivity contribution in [2.75, 3.05) is 26.2 Å². The van der Waals surface area contributed by atoms with Gasteiger partial charge in [0.1, 0.15) is 23.0 Å². The lowest BCUT2D eigenvalue weighted by atomic mass is 9.79. The van der Waals surface area contributed by atoms with Crippen LogP contribution in [0.1, 0.15) is 64.6 Å². The van der Waals surface area contributed by atoms with Crippen molar-refractivity contribution in [1.29, 1.82) is 0 Å². The highest BCUT2D eigenvalue weighted by atomic mass is 16.5. The number of benzene rings is 3. The molecule has 9 nitrogen and oxygen atoms in total. The van der Waals surface area contributed by atoms with Gasteiger partial charge in [-0.15, -0.1) is 0 Å². The molecule has 0 saturated heterocycles. The third-order valence-electron chi connectivity index (χ3n) is 9.12. The highest BCUT2D eigenvalue weighted by Gasteiger charge is 2.31. The van der Waals surface area contributed by atoms with E-state index in [2.05, 4.69) is 0 Å². The van der Waals surface area contributed by atoms with Crippen molar-refractivity contribution in [3.8, 4) is 17.2 Å². The van der Waals surface area contributed by atoms with E-state index in [1.807, 2.05) is 48.0 Å². The first-order chi connectivity index (χ1) is 23.7. The zero-order valence-corrected chi connectivity index (χ0v) is 28.4. The summed E-state index contributed by atoms with van der Waals surface area (Å²) in [6.07, 6.45) is 7.53. The minimum absolute atomic E-state index is 0.128. The van der Waals surface area contributed by atoms with Crippen LogP contribution < -0.4 is 19.1 Å². The summed E-state index contributed by atoms with van der Waals surface area (Å²) < 4.78 is 18.3. The molecule has 49 heavy (non-hydrogen) atoms. The molecule has 4 aromatic rings. The molecular formula is C40H42N2O7. The summed E-state index contributed by atoms with van der Waals surface area (Å²) >= 11 is 0. The van der Waals surface area contributed by atoms with Gasteiger partial charge in [-0.25, -0.2) is 0 Å². The Labute approximate surface area is 287 Å². The Morgan fingerprint density at radius 1 is 0.837 bits per heavy atom. The number of rotatable bonds is 13. The SMILES string of the molecule is CCn1cccc1C(=O)/C=C/c1cc(OC)ccc1OC(=O)C1CCC(C(=O)Cc2ccc(C(=O)N(C)c3ccc(OC)cc3)cc2)CC1. The number of carbonyl (C=O) groups excluding carboxylic acids is 4. The van der Waals surface area contributed by atoms with Gasteiger partial charge in [0.25, 0.3) is 5.91 Å². The molecule has 0 unspecified atom stereocenters. The van der Waals surface area contributed by atoms with Crippen molar-refractivity contribution in [3.63, 3.8) is 0 Å². The molecule has 5 rings (SSSR count). The van der Waals surface area contributed by atoms with Crippen LogP contribution in [0.4, 0.5) is 5.69 Å². The molecule has 0 bridgehead atoms. The first-order valence-corrected chi connectivity index (χ1v) is 16.5. The van der Waals surface area contributed by atoms with Gasteiger partial charge in [-0.2, -0.15) is 0 Å². The number of carbonyl (C=O) groups is 4. The molecular weight excluding hydrogens is 620 g/mol. The molecule has 0 N–H and O–H groups in total. The van der Waals surface area contributed by atoms with E-state index in [0.717, 1.165) is 11.3 Å². The van der Waals surface area contributed by atoms with Crippen LogP contribution in [0.3, 0.4) is 0 Å². The Kier molecular flexibility index (Phi) is 11.5. The monoisotopic (exact) mass is 662 g/mol. The lowest BCUT2D eigenvalue weighted by molar-refractivity contribution is -0.141. The molecule has 0 aliphatic heterocycles. The van der Waals surface area contributed by atoms with Crippen molar-refractivity contribution in [1.82, 2.24) is 4.57 Å². The fourth-order valence-electron chi connectivity index (χ4n) is 6.11. The molecule has 1 aliphatic carbocycles. The second-order valence-corrected chi connectivity index (χ2v) is 12.2.